The van der Waals surface area contributed by atoms with Crippen LogP contribution in [0.15, 0.2) is 24.3 Å². The Morgan fingerprint density at radius 3 is 1.58 bits per heavy atom. The monoisotopic (exact) mass is 753 g/mol. The predicted molar refractivity (Wildman–Crippen MR) is 177 cm³/mol. The number of benzene rings is 1. The van der Waals surface area contributed by atoms with Gasteiger partial charge in [0.15, 0.2) is 0 Å². The molecule has 1 rings (SSSR count). The Balaban J connectivity index is 3.40. The quantitative estimate of drug-likeness (QED) is 0.0508. The molecular weight excluding hydrogens is 710 g/mol. The summed E-state index contributed by atoms with van der Waals surface area (Å²) in [6, 6.07) is -4.85. The first-order valence-corrected chi connectivity index (χ1v) is 15.8. The van der Waals surface area contributed by atoms with Gasteiger partial charge in [0.05, 0.1) is 25.3 Å². The number of carbonyl (C=O) groups excluding carboxylic acids is 6. The number of phenols is 1. The summed E-state index contributed by atoms with van der Waals surface area (Å²) in [6.45, 7) is 2.91. The molecule has 53 heavy (non-hydrogen) atoms. The molecule has 22 nitrogen and oxygen atoms in total. The number of primary amides is 1. The Morgan fingerprint density at radius 1 is 0.604 bits per heavy atom. The summed E-state index contributed by atoms with van der Waals surface area (Å²) in [5.74, 6) is -13.8. The molecule has 0 radical (unpaired) electrons. The van der Waals surface area contributed by atoms with Crippen LogP contribution in [0.25, 0.3) is 0 Å². The molecular formula is C31H43N7O15. The Hall–Kier alpha value is -6.32. The van der Waals surface area contributed by atoms with Crippen LogP contribution in [0.3, 0.4) is 0 Å². The summed E-state index contributed by atoms with van der Waals surface area (Å²) < 4.78 is 0. The van der Waals surface area contributed by atoms with Gasteiger partial charge in [-0.15, -0.1) is 0 Å². The van der Waals surface area contributed by atoms with Crippen molar-refractivity contribution in [3.8, 4) is 5.75 Å². The van der Waals surface area contributed by atoms with Crippen LogP contribution in [0.4, 0.5) is 0 Å². The number of phenolic OH excluding ortho intramolecular Hbond substituents is 1. The maximum absolute atomic E-state index is 13.7. The smallest absolute Gasteiger partial charge is 0.326 e. The van der Waals surface area contributed by atoms with E-state index < -0.39 is 134 Å². The molecule has 0 fully saturated rings. The van der Waals surface area contributed by atoms with Gasteiger partial charge >= 0.3 is 23.9 Å². The molecule has 0 saturated heterocycles. The third-order valence-electron chi connectivity index (χ3n) is 7.30. The fourth-order valence-electron chi connectivity index (χ4n) is 4.55. The van der Waals surface area contributed by atoms with E-state index in [4.69, 9.17) is 16.6 Å². The molecule has 0 aliphatic carbocycles. The van der Waals surface area contributed by atoms with Gasteiger partial charge in [0.1, 0.15) is 36.0 Å². The highest BCUT2D eigenvalue weighted by atomic mass is 16.4. The van der Waals surface area contributed by atoms with E-state index in [0.29, 0.717) is 5.56 Å². The third-order valence-corrected chi connectivity index (χ3v) is 7.30. The average Bonchev–Trinajstić information content (AvgIpc) is 3.03. The molecule has 0 unspecified atom stereocenters. The fraction of sp³-hybridized carbons (Fsp3) is 0.484. The van der Waals surface area contributed by atoms with E-state index in [1.165, 1.54) is 38.1 Å². The number of aromatic hydroxyl groups is 1. The number of aliphatic carboxylic acids is 4. The highest BCUT2D eigenvalue weighted by Gasteiger charge is 2.35. The Labute approximate surface area is 301 Å². The molecule has 6 amide bonds. The van der Waals surface area contributed by atoms with E-state index >= 15 is 0 Å². The number of hydrogen-bond donors (Lipinski definition) is 12. The Morgan fingerprint density at radius 2 is 1.09 bits per heavy atom. The lowest BCUT2D eigenvalue weighted by Gasteiger charge is -2.28. The molecule has 0 aliphatic rings. The van der Waals surface area contributed by atoms with Gasteiger partial charge in [-0.2, -0.15) is 0 Å². The van der Waals surface area contributed by atoms with Crippen molar-refractivity contribution in [2.75, 3.05) is 0 Å². The number of carbonyl (C=O) groups is 10. The van der Waals surface area contributed by atoms with Crippen LogP contribution in [0.5, 0.6) is 5.75 Å². The van der Waals surface area contributed by atoms with E-state index in [1.807, 2.05) is 5.32 Å². The van der Waals surface area contributed by atoms with Crippen molar-refractivity contribution < 1.29 is 73.5 Å². The first kappa shape index (κ1) is 44.7. The van der Waals surface area contributed by atoms with E-state index in [1.54, 1.807) is 0 Å². The molecule has 292 valence electrons. The van der Waals surface area contributed by atoms with E-state index in [0.717, 1.165) is 0 Å². The minimum Gasteiger partial charge on any atom is -0.508 e. The molecule has 1 aromatic rings. The van der Waals surface area contributed by atoms with Crippen molar-refractivity contribution in [2.45, 2.75) is 88.6 Å². The molecule has 1 aromatic carbocycles. The number of nitrogens with two attached hydrogens (primary N) is 2. The molecule has 0 spiro atoms. The van der Waals surface area contributed by atoms with Crippen molar-refractivity contribution in [3.05, 3.63) is 29.8 Å². The number of hydrogen-bond acceptors (Lipinski definition) is 12. The summed E-state index contributed by atoms with van der Waals surface area (Å²) in [5, 5.41) is 57.4. The molecule has 6 atom stereocenters. The van der Waals surface area contributed by atoms with Crippen molar-refractivity contribution in [2.24, 2.45) is 17.4 Å². The SMILES string of the molecule is CC(C)[C@H](NC(=O)[C@H](Cc1ccc(O)cc1)NC(=O)[C@H](CCC(=O)O)NC(=O)[C@@H](N)CC(=O)O)C(=O)N[C@@H](CC(=O)O)C(=O)N[C@@H](CC(N)=O)C(=O)O. The van der Waals surface area contributed by atoms with Gasteiger partial charge in [-0.05, 0) is 30.0 Å². The topological polar surface area (TPSA) is 384 Å². The van der Waals surface area contributed by atoms with Gasteiger partial charge in [0.2, 0.25) is 35.4 Å². The zero-order chi connectivity index (χ0) is 40.6. The van der Waals surface area contributed by atoms with E-state index in [-0.39, 0.29) is 12.2 Å². The minimum absolute atomic E-state index is 0.145. The van der Waals surface area contributed by atoms with E-state index in [2.05, 4.69) is 21.3 Å². The summed E-state index contributed by atoms with van der Waals surface area (Å²) in [7, 11) is 0. The normalized spacial score (nSPS) is 14.2. The van der Waals surface area contributed by atoms with Crippen molar-refractivity contribution >= 4 is 59.3 Å². The first-order valence-electron chi connectivity index (χ1n) is 15.8. The molecule has 22 heteroatoms. The van der Waals surface area contributed by atoms with Gasteiger partial charge in [-0.1, -0.05) is 26.0 Å². The van der Waals surface area contributed by atoms with Crippen molar-refractivity contribution in [1.82, 2.24) is 26.6 Å². The second kappa shape index (κ2) is 21.1. The summed E-state index contributed by atoms with van der Waals surface area (Å²) in [6.07, 6.45) is -4.23. The van der Waals surface area contributed by atoms with Crippen LogP contribution >= 0.6 is 0 Å². The molecule has 0 heterocycles. The summed E-state index contributed by atoms with van der Waals surface area (Å²) in [4.78, 5) is 122. The highest BCUT2D eigenvalue weighted by Crippen LogP contribution is 2.13. The number of nitrogens with one attached hydrogen (secondary N) is 5. The van der Waals surface area contributed by atoms with Gasteiger partial charge in [-0.3, -0.25) is 43.2 Å². The summed E-state index contributed by atoms with van der Waals surface area (Å²) >= 11 is 0. The van der Waals surface area contributed by atoms with Crippen LogP contribution in [-0.4, -0.2) is 121 Å². The second-order valence-electron chi connectivity index (χ2n) is 12.1. The summed E-state index contributed by atoms with van der Waals surface area (Å²) in [5.41, 5.74) is 10.9. The largest absolute Gasteiger partial charge is 0.508 e. The van der Waals surface area contributed by atoms with Gasteiger partial charge in [0.25, 0.3) is 0 Å². The molecule has 0 aromatic heterocycles. The molecule has 14 N–H and O–H groups in total. The van der Waals surface area contributed by atoms with Crippen LogP contribution < -0.4 is 38.1 Å². The second-order valence-corrected chi connectivity index (χ2v) is 12.1. The molecule has 0 aliphatic heterocycles. The van der Waals surface area contributed by atoms with Gasteiger partial charge < -0.3 is 63.6 Å². The lowest BCUT2D eigenvalue weighted by atomic mass is 9.99. The number of carboxylic acid groups (broad SMARTS) is 4. The zero-order valence-electron chi connectivity index (χ0n) is 28.6. The first-order chi connectivity index (χ1) is 24.6. The Bertz CT molecular complexity index is 1550. The minimum atomic E-state index is -1.91. The zero-order valence-corrected chi connectivity index (χ0v) is 28.6. The molecule has 0 bridgehead atoms. The van der Waals surface area contributed by atoms with Crippen molar-refractivity contribution in [3.63, 3.8) is 0 Å². The predicted octanol–water partition coefficient (Wildman–Crippen LogP) is -3.88. The lowest BCUT2D eigenvalue weighted by molar-refractivity contribution is -0.145. The Kier molecular flexibility index (Phi) is 17.8. The van der Waals surface area contributed by atoms with E-state index in [9.17, 15) is 68.4 Å². The fourth-order valence-corrected chi connectivity index (χ4v) is 4.55. The van der Waals surface area contributed by atoms with Crippen LogP contribution in [0.2, 0.25) is 0 Å². The lowest BCUT2D eigenvalue weighted by Crippen LogP contribution is -2.61. The van der Waals surface area contributed by atoms with Crippen LogP contribution in [0, 0.1) is 5.92 Å². The number of rotatable bonds is 23. The average molecular weight is 754 g/mol. The van der Waals surface area contributed by atoms with Crippen LogP contribution in [-0.2, 0) is 54.4 Å². The maximum Gasteiger partial charge on any atom is 0.326 e. The maximum atomic E-state index is 13.7. The standard InChI is InChI=1S/C31H43N7O15/c1-13(2)25(30(51)36-19(12-24(45)46)28(49)37-20(31(52)53)11-21(33)40)38-29(50)18(9-14-3-5-15(39)6-4-14)35-27(48)17(7-8-22(41)42)34-26(47)16(32)10-23(43)44/h3-6,13,16-20,25,39H,7-12,32H2,1-2H3,(H2,33,40)(H,34,47)(H,35,48)(H,36,51)(H,37,49)(H,38,50)(H,41,42)(H,43,44)(H,45,46)(H,52,53)/t16-,17-,18-,19-,20-,25-/m0/s1. The van der Waals surface area contributed by atoms with Gasteiger partial charge in [-0.25, -0.2) is 4.79 Å². The number of amides is 6. The molecule has 0 saturated carbocycles. The van der Waals surface area contributed by atoms with Gasteiger partial charge in [0, 0.05) is 12.8 Å². The van der Waals surface area contributed by atoms with Crippen molar-refractivity contribution in [1.29, 1.82) is 0 Å². The third kappa shape index (κ3) is 16.5. The highest BCUT2D eigenvalue weighted by molar-refractivity contribution is 5.98. The van der Waals surface area contributed by atoms with Crippen LogP contribution in [0.1, 0.15) is 51.5 Å². The number of carboxylic acids is 4.